The number of anilines is 1. The van der Waals surface area contributed by atoms with Crippen molar-refractivity contribution in [1.29, 1.82) is 0 Å². The average molecular weight is 311 g/mol. The predicted molar refractivity (Wildman–Crippen MR) is 90.7 cm³/mol. The van der Waals surface area contributed by atoms with Gasteiger partial charge in [-0.25, -0.2) is 4.79 Å². The standard InChI is InChI=1S/C18H21N3O2/c22-17-16(9-4-11-19-17)20-18(23)21-12-5-8-15(10-13-21)14-6-2-1-3-7-14/h1-4,6-7,9,11,15H,5,8,10,12-13H2,(H,19,22)(H,20,23). The van der Waals surface area contributed by atoms with Gasteiger partial charge < -0.3 is 15.2 Å². The van der Waals surface area contributed by atoms with Crippen molar-refractivity contribution in [3.05, 3.63) is 64.6 Å². The van der Waals surface area contributed by atoms with Crippen molar-refractivity contribution in [2.75, 3.05) is 18.4 Å². The number of nitrogens with one attached hydrogen (secondary N) is 2. The molecule has 0 saturated carbocycles. The Morgan fingerprint density at radius 1 is 1.09 bits per heavy atom. The third-order valence-electron chi connectivity index (χ3n) is 4.35. The molecule has 120 valence electrons. The number of aromatic nitrogens is 1. The van der Waals surface area contributed by atoms with Crippen LogP contribution in [0.3, 0.4) is 0 Å². The number of urea groups is 1. The summed E-state index contributed by atoms with van der Waals surface area (Å²) in [4.78, 5) is 28.4. The molecule has 1 saturated heterocycles. The van der Waals surface area contributed by atoms with E-state index in [-0.39, 0.29) is 11.6 Å². The van der Waals surface area contributed by atoms with Crippen LogP contribution in [-0.4, -0.2) is 29.0 Å². The lowest BCUT2D eigenvalue weighted by Gasteiger charge is -2.21. The highest BCUT2D eigenvalue weighted by Crippen LogP contribution is 2.27. The van der Waals surface area contributed by atoms with E-state index < -0.39 is 0 Å². The third-order valence-corrected chi connectivity index (χ3v) is 4.35. The van der Waals surface area contributed by atoms with Crippen LogP contribution in [0.4, 0.5) is 10.5 Å². The predicted octanol–water partition coefficient (Wildman–Crippen LogP) is 3.18. The number of carbonyl (C=O) groups excluding carboxylic acids is 1. The Morgan fingerprint density at radius 3 is 2.70 bits per heavy atom. The highest BCUT2D eigenvalue weighted by Gasteiger charge is 2.21. The first-order valence-electron chi connectivity index (χ1n) is 8.02. The van der Waals surface area contributed by atoms with Crippen molar-refractivity contribution in [3.63, 3.8) is 0 Å². The maximum absolute atomic E-state index is 12.4. The van der Waals surface area contributed by atoms with Crippen LogP contribution in [0.15, 0.2) is 53.5 Å². The molecule has 5 heteroatoms. The number of likely N-dealkylation sites (tertiary alicyclic amines) is 1. The van der Waals surface area contributed by atoms with E-state index in [1.807, 2.05) is 6.07 Å². The van der Waals surface area contributed by atoms with Crippen molar-refractivity contribution >= 4 is 11.7 Å². The van der Waals surface area contributed by atoms with Crippen LogP contribution in [0.1, 0.15) is 30.7 Å². The van der Waals surface area contributed by atoms with Gasteiger partial charge in [0.25, 0.3) is 5.56 Å². The van der Waals surface area contributed by atoms with Gasteiger partial charge in [-0.2, -0.15) is 0 Å². The summed E-state index contributed by atoms with van der Waals surface area (Å²) < 4.78 is 0. The van der Waals surface area contributed by atoms with Crippen LogP contribution in [-0.2, 0) is 0 Å². The number of hydrogen-bond donors (Lipinski definition) is 2. The van der Waals surface area contributed by atoms with E-state index in [4.69, 9.17) is 0 Å². The Kier molecular flexibility index (Phi) is 4.76. The van der Waals surface area contributed by atoms with Gasteiger partial charge in [0.15, 0.2) is 0 Å². The van der Waals surface area contributed by atoms with Gasteiger partial charge in [-0.15, -0.1) is 0 Å². The molecule has 2 N–H and O–H groups in total. The van der Waals surface area contributed by atoms with Gasteiger partial charge in [-0.3, -0.25) is 4.79 Å². The lowest BCUT2D eigenvalue weighted by molar-refractivity contribution is 0.213. The molecule has 5 nitrogen and oxygen atoms in total. The SMILES string of the molecule is O=C(Nc1ccc[nH]c1=O)N1CCCC(c2ccccc2)CC1. The minimum absolute atomic E-state index is 0.199. The summed E-state index contributed by atoms with van der Waals surface area (Å²) in [6.07, 6.45) is 4.55. The quantitative estimate of drug-likeness (QED) is 0.894. The van der Waals surface area contributed by atoms with Gasteiger partial charge in [0.1, 0.15) is 5.69 Å². The van der Waals surface area contributed by atoms with Crippen LogP contribution in [0.5, 0.6) is 0 Å². The highest BCUT2D eigenvalue weighted by atomic mass is 16.2. The molecule has 2 heterocycles. The molecule has 0 aliphatic carbocycles. The van der Waals surface area contributed by atoms with Gasteiger partial charge in [0.2, 0.25) is 0 Å². The number of H-pyrrole nitrogens is 1. The van der Waals surface area contributed by atoms with E-state index in [1.165, 1.54) is 5.56 Å². The number of rotatable bonds is 2. The Balaban J connectivity index is 1.63. The third kappa shape index (κ3) is 3.80. The molecular formula is C18H21N3O2. The van der Waals surface area contributed by atoms with Crippen molar-refractivity contribution in [2.24, 2.45) is 0 Å². The first-order valence-corrected chi connectivity index (χ1v) is 8.02. The molecule has 2 aromatic rings. The van der Waals surface area contributed by atoms with Crippen LogP contribution < -0.4 is 10.9 Å². The molecule has 3 rings (SSSR count). The van der Waals surface area contributed by atoms with Crippen LogP contribution in [0.2, 0.25) is 0 Å². The summed E-state index contributed by atoms with van der Waals surface area (Å²) in [5, 5.41) is 2.71. The molecule has 1 fully saturated rings. The zero-order valence-electron chi connectivity index (χ0n) is 13.0. The Bertz CT molecular complexity index is 711. The molecule has 1 unspecified atom stereocenters. The number of aromatic amines is 1. The lowest BCUT2D eigenvalue weighted by atomic mass is 9.92. The number of amides is 2. The maximum atomic E-state index is 12.4. The molecule has 0 spiro atoms. The normalized spacial score (nSPS) is 18.3. The minimum atomic E-state index is -0.280. The molecule has 1 aromatic carbocycles. The topological polar surface area (TPSA) is 65.2 Å². The molecule has 1 aromatic heterocycles. The summed E-state index contributed by atoms with van der Waals surface area (Å²) >= 11 is 0. The van der Waals surface area contributed by atoms with Crippen molar-refractivity contribution in [2.45, 2.75) is 25.2 Å². The fourth-order valence-corrected chi connectivity index (χ4v) is 3.07. The first-order chi connectivity index (χ1) is 11.2. The Hall–Kier alpha value is -2.56. The second kappa shape index (κ2) is 7.13. The number of carbonyl (C=O) groups is 1. The summed E-state index contributed by atoms with van der Waals surface area (Å²) in [6, 6.07) is 13.6. The van der Waals surface area contributed by atoms with E-state index in [0.29, 0.717) is 18.2 Å². The second-order valence-electron chi connectivity index (χ2n) is 5.87. The Labute approximate surface area is 135 Å². The van der Waals surface area contributed by atoms with Gasteiger partial charge >= 0.3 is 6.03 Å². The maximum Gasteiger partial charge on any atom is 0.321 e. The van der Waals surface area contributed by atoms with Crippen LogP contribution in [0, 0.1) is 0 Å². The van der Waals surface area contributed by atoms with E-state index in [1.54, 1.807) is 23.2 Å². The number of benzene rings is 1. The highest BCUT2D eigenvalue weighted by molar-refractivity contribution is 5.89. The zero-order chi connectivity index (χ0) is 16.1. The summed E-state index contributed by atoms with van der Waals surface area (Å²) in [5.74, 6) is 0.495. The van der Waals surface area contributed by atoms with Crippen LogP contribution in [0.25, 0.3) is 0 Å². The smallest absolute Gasteiger partial charge is 0.321 e. The minimum Gasteiger partial charge on any atom is -0.327 e. The largest absolute Gasteiger partial charge is 0.327 e. The van der Waals surface area contributed by atoms with Gasteiger partial charge in [0, 0.05) is 19.3 Å². The number of hydrogen-bond acceptors (Lipinski definition) is 2. The zero-order valence-corrected chi connectivity index (χ0v) is 13.0. The molecule has 0 radical (unpaired) electrons. The Morgan fingerprint density at radius 2 is 1.91 bits per heavy atom. The van der Waals surface area contributed by atoms with Gasteiger partial charge in [-0.1, -0.05) is 30.3 Å². The van der Waals surface area contributed by atoms with Crippen molar-refractivity contribution in [3.8, 4) is 0 Å². The molecule has 1 atom stereocenters. The summed E-state index contributed by atoms with van der Waals surface area (Å²) in [6.45, 7) is 1.43. The van der Waals surface area contributed by atoms with Crippen molar-refractivity contribution < 1.29 is 4.79 Å². The number of nitrogens with zero attached hydrogens (tertiary/aromatic N) is 1. The molecular weight excluding hydrogens is 290 g/mol. The van der Waals surface area contributed by atoms with E-state index >= 15 is 0 Å². The van der Waals surface area contributed by atoms with E-state index in [9.17, 15) is 9.59 Å². The molecule has 0 bridgehead atoms. The van der Waals surface area contributed by atoms with E-state index in [0.717, 1.165) is 25.8 Å². The average Bonchev–Trinajstić information content (AvgIpc) is 2.84. The molecule has 1 aliphatic heterocycles. The first kappa shape index (κ1) is 15.3. The van der Waals surface area contributed by atoms with E-state index in [2.05, 4.69) is 34.6 Å². The lowest BCUT2D eigenvalue weighted by Crippen LogP contribution is -2.37. The second-order valence-corrected chi connectivity index (χ2v) is 5.87. The molecule has 23 heavy (non-hydrogen) atoms. The summed E-state index contributed by atoms with van der Waals surface area (Å²) in [5.41, 5.74) is 1.36. The summed E-state index contributed by atoms with van der Waals surface area (Å²) in [7, 11) is 0. The molecule has 2 amide bonds. The number of pyridine rings is 1. The fourth-order valence-electron chi connectivity index (χ4n) is 3.07. The van der Waals surface area contributed by atoms with Gasteiger partial charge in [0.05, 0.1) is 0 Å². The molecule has 1 aliphatic rings. The monoisotopic (exact) mass is 311 g/mol. The van der Waals surface area contributed by atoms with Crippen molar-refractivity contribution in [1.82, 2.24) is 9.88 Å². The van der Waals surface area contributed by atoms with Crippen LogP contribution >= 0.6 is 0 Å². The fraction of sp³-hybridized carbons (Fsp3) is 0.333. The van der Waals surface area contributed by atoms with Gasteiger partial charge in [-0.05, 0) is 42.9 Å².